The van der Waals surface area contributed by atoms with Crippen molar-refractivity contribution in [2.75, 3.05) is 10.6 Å². The molecule has 1 fully saturated rings. The SMILES string of the molecule is Cc1ccc(N)c(C)c1N1C(=O)CCC1=O. The summed E-state index contributed by atoms with van der Waals surface area (Å²) in [6, 6.07) is 3.62. The quantitative estimate of drug-likeness (QED) is 0.574. The van der Waals surface area contributed by atoms with Crippen LogP contribution in [0.15, 0.2) is 12.1 Å². The number of nitrogens with two attached hydrogens (primary N) is 1. The zero-order valence-electron chi connectivity index (χ0n) is 9.41. The summed E-state index contributed by atoms with van der Waals surface area (Å²) in [6.45, 7) is 3.71. The predicted molar refractivity (Wildman–Crippen MR) is 62.1 cm³/mol. The number of nitrogen functional groups attached to an aromatic ring is 1. The molecule has 0 saturated carbocycles. The van der Waals surface area contributed by atoms with Crippen LogP contribution in [0.25, 0.3) is 0 Å². The highest BCUT2D eigenvalue weighted by Crippen LogP contribution is 2.32. The van der Waals surface area contributed by atoms with E-state index in [9.17, 15) is 9.59 Å². The van der Waals surface area contributed by atoms with Crippen LogP contribution in [-0.4, -0.2) is 11.8 Å². The van der Waals surface area contributed by atoms with Crippen molar-refractivity contribution in [2.45, 2.75) is 26.7 Å². The Morgan fingerprint density at radius 1 is 1.12 bits per heavy atom. The molecule has 2 rings (SSSR count). The first-order valence-corrected chi connectivity index (χ1v) is 5.24. The molecule has 4 heteroatoms. The van der Waals surface area contributed by atoms with Gasteiger partial charge in [0.05, 0.1) is 5.69 Å². The molecule has 2 amide bonds. The number of hydrogen-bond donors (Lipinski definition) is 1. The van der Waals surface area contributed by atoms with Crippen molar-refractivity contribution in [3.05, 3.63) is 23.3 Å². The van der Waals surface area contributed by atoms with E-state index in [2.05, 4.69) is 0 Å². The third-order valence-corrected chi connectivity index (χ3v) is 2.95. The largest absolute Gasteiger partial charge is 0.398 e. The van der Waals surface area contributed by atoms with E-state index >= 15 is 0 Å². The van der Waals surface area contributed by atoms with E-state index in [0.29, 0.717) is 24.2 Å². The summed E-state index contributed by atoms with van der Waals surface area (Å²) in [5.41, 5.74) is 8.76. The number of carbonyl (C=O) groups excluding carboxylic acids is 2. The van der Waals surface area contributed by atoms with Crippen LogP contribution in [0, 0.1) is 13.8 Å². The average molecular weight is 218 g/mol. The van der Waals surface area contributed by atoms with E-state index < -0.39 is 0 Å². The molecule has 0 bridgehead atoms. The number of anilines is 2. The predicted octanol–water partition coefficient (Wildman–Crippen LogP) is 1.54. The molecule has 1 aromatic rings. The van der Waals surface area contributed by atoms with E-state index in [0.717, 1.165) is 11.1 Å². The van der Waals surface area contributed by atoms with Gasteiger partial charge in [-0.15, -0.1) is 0 Å². The van der Waals surface area contributed by atoms with Crippen molar-refractivity contribution in [2.24, 2.45) is 0 Å². The first-order valence-electron chi connectivity index (χ1n) is 5.24. The van der Waals surface area contributed by atoms with Gasteiger partial charge in [0.25, 0.3) is 0 Å². The maximum absolute atomic E-state index is 11.7. The first kappa shape index (κ1) is 10.7. The zero-order chi connectivity index (χ0) is 11.9. The Hall–Kier alpha value is -1.84. The van der Waals surface area contributed by atoms with Crippen molar-refractivity contribution in [3.8, 4) is 0 Å². The van der Waals surface area contributed by atoms with Crippen LogP contribution < -0.4 is 10.6 Å². The number of aryl methyl sites for hydroxylation is 1. The van der Waals surface area contributed by atoms with Crippen LogP contribution >= 0.6 is 0 Å². The zero-order valence-corrected chi connectivity index (χ0v) is 9.41. The monoisotopic (exact) mass is 218 g/mol. The minimum absolute atomic E-state index is 0.137. The Labute approximate surface area is 94.0 Å². The standard InChI is InChI=1S/C12H14N2O2/c1-7-3-4-9(13)8(2)12(7)14-10(15)5-6-11(14)16/h3-4H,5-6,13H2,1-2H3. The third-order valence-electron chi connectivity index (χ3n) is 2.95. The molecule has 4 nitrogen and oxygen atoms in total. The molecular formula is C12H14N2O2. The Balaban J connectivity index is 2.59. The molecule has 0 aliphatic carbocycles. The minimum Gasteiger partial charge on any atom is -0.398 e. The first-order chi connectivity index (χ1) is 7.52. The number of carbonyl (C=O) groups is 2. The lowest BCUT2D eigenvalue weighted by Crippen LogP contribution is -2.30. The van der Waals surface area contributed by atoms with Gasteiger partial charge in [-0.1, -0.05) is 6.07 Å². The number of nitrogens with zero attached hydrogens (tertiary/aromatic N) is 1. The molecule has 1 aromatic carbocycles. The second-order valence-corrected chi connectivity index (χ2v) is 4.07. The van der Waals surface area contributed by atoms with E-state index in [1.807, 2.05) is 19.9 Å². The highest BCUT2D eigenvalue weighted by Gasteiger charge is 2.32. The van der Waals surface area contributed by atoms with Gasteiger partial charge in [-0.25, -0.2) is 4.90 Å². The maximum atomic E-state index is 11.7. The van der Waals surface area contributed by atoms with Gasteiger partial charge in [0.2, 0.25) is 11.8 Å². The molecule has 2 N–H and O–H groups in total. The van der Waals surface area contributed by atoms with Crippen LogP contribution in [0.5, 0.6) is 0 Å². The molecule has 0 atom stereocenters. The molecular weight excluding hydrogens is 204 g/mol. The van der Waals surface area contributed by atoms with Crippen molar-refractivity contribution in [3.63, 3.8) is 0 Å². The second kappa shape index (κ2) is 3.63. The van der Waals surface area contributed by atoms with E-state index in [-0.39, 0.29) is 11.8 Å². The van der Waals surface area contributed by atoms with Gasteiger partial charge in [0.15, 0.2) is 0 Å². The molecule has 84 valence electrons. The summed E-state index contributed by atoms with van der Waals surface area (Å²) in [4.78, 5) is 24.6. The normalized spacial score (nSPS) is 16.0. The van der Waals surface area contributed by atoms with E-state index in [1.165, 1.54) is 4.90 Å². The molecule has 1 aliphatic rings. The average Bonchev–Trinajstić information content (AvgIpc) is 2.56. The number of amides is 2. The van der Waals surface area contributed by atoms with Crippen molar-refractivity contribution < 1.29 is 9.59 Å². The van der Waals surface area contributed by atoms with Crippen LogP contribution in [0.2, 0.25) is 0 Å². The van der Waals surface area contributed by atoms with Gasteiger partial charge in [0.1, 0.15) is 0 Å². The fraction of sp³-hybridized carbons (Fsp3) is 0.333. The van der Waals surface area contributed by atoms with Crippen LogP contribution in [-0.2, 0) is 9.59 Å². The Kier molecular flexibility index (Phi) is 2.42. The molecule has 0 unspecified atom stereocenters. The lowest BCUT2D eigenvalue weighted by molar-refractivity contribution is -0.121. The van der Waals surface area contributed by atoms with Gasteiger partial charge < -0.3 is 5.73 Å². The highest BCUT2D eigenvalue weighted by molar-refractivity contribution is 6.20. The van der Waals surface area contributed by atoms with Crippen molar-refractivity contribution >= 4 is 23.2 Å². The summed E-state index contributed by atoms with van der Waals surface area (Å²) in [5.74, 6) is -0.274. The smallest absolute Gasteiger partial charge is 0.234 e. The molecule has 1 saturated heterocycles. The molecule has 16 heavy (non-hydrogen) atoms. The number of hydrogen-bond acceptors (Lipinski definition) is 3. The summed E-state index contributed by atoms with van der Waals surface area (Å²) < 4.78 is 0. The summed E-state index contributed by atoms with van der Waals surface area (Å²) in [7, 11) is 0. The van der Waals surface area contributed by atoms with Gasteiger partial charge in [-0.2, -0.15) is 0 Å². The molecule has 1 heterocycles. The molecule has 0 radical (unpaired) electrons. The van der Waals surface area contributed by atoms with Crippen LogP contribution in [0.3, 0.4) is 0 Å². The van der Waals surface area contributed by atoms with Gasteiger partial charge in [-0.3, -0.25) is 9.59 Å². The lowest BCUT2D eigenvalue weighted by atomic mass is 10.1. The molecule has 1 aliphatic heterocycles. The Morgan fingerprint density at radius 3 is 2.25 bits per heavy atom. The summed E-state index contributed by atoms with van der Waals surface area (Å²) in [5, 5.41) is 0. The highest BCUT2D eigenvalue weighted by atomic mass is 16.2. The third kappa shape index (κ3) is 1.46. The maximum Gasteiger partial charge on any atom is 0.234 e. The van der Waals surface area contributed by atoms with Crippen LogP contribution in [0.4, 0.5) is 11.4 Å². The second-order valence-electron chi connectivity index (χ2n) is 4.07. The van der Waals surface area contributed by atoms with Crippen molar-refractivity contribution in [1.29, 1.82) is 0 Å². The number of benzene rings is 1. The van der Waals surface area contributed by atoms with Gasteiger partial charge in [0, 0.05) is 18.5 Å². The molecule has 0 spiro atoms. The fourth-order valence-electron chi connectivity index (χ4n) is 2.02. The van der Waals surface area contributed by atoms with Crippen molar-refractivity contribution in [1.82, 2.24) is 0 Å². The Bertz CT molecular complexity index is 464. The lowest BCUT2D eigenvalue weighted by Gasteiger charge is -2.20. The van der Waals surface area contributed by atoms with Crippen LogP contribution in [0.1, 0.15) is 24.0 Å². The van der Waals surface area contributed by atoms with E-state index in [4.69, 9.17) is 5.73 Å². The van der Waals surface area contributed by atoms with E-state index in [1.54, 1.807) is 6.07 Å². The minimum atomic E-state index is -0.137. The summed E-state index contributed by atoms with van der Waals surface area (Å²) in [6.07, 6.45) is 0.596. The molecule has 0 aromatic heterocycles. The fourth-order valence-corrected chi connectivity index (χ4v) is 2.02. The number of rotatable bonds is 1. The number of imide groups is 1. The topological polar surface area (TPSA) is 63.4 Å². The Morgan fingerprint density at radius 2 is 1.69 bits per heavy atom. The van der Waals surface area contributed by atoms with Gasteiger partial charge >= 0.3 is 0 Å². The van der Waals surface area contributed by atoms with Gasteiger partial charge in [-0.05, 0) is 31.0 Å². The summed E-state index contributed by atoms with van der Waals surface area (Å²) >= 11 is 0.